The van der Waals surface area contributed by atoms with Crippen molar-refractivity contribution in [2.45, 2.75) is 50.9 Å². The predicted molar refractivity (Wildman–Crippen MR) is 78.5 cm³/mol. The van der Waals surface area contributed by atoms with Crippen molar-refractivity contribution in [2.75, 3.05) is 0 Å². The molecule has 0 spiro atoms. The van der Waals surface area contributed by atoms with Crippen LogP contribution in [0.25, 0.3) is 0 Å². The standard InChI is InChI=1S/C13H17N7S/c1-4-5-6-20-12(17-18-19-20)8-21-13-11(7-14)9(2)15-10(3)16-13/h4-6,8H2,1-3H3. The van der Waals surface area contributed by atoms with E-state index in [1.54, 1.807) is 0 Å². The highest BCUT2D eigenvalue weighted by molar-refractivity contribution is 7.98. The Bertz CT molecular complexity index is 659. The fourth-order valence-electron chi connectivity index (χ4n) is 1.86. The molecule has 0 aliphatic carbocycles. The van der Waals surface area contributed by atoms with Crippen molar-refractivity contribution in [2.24, 2.45) is 0 Å². The number of aryl methyl sites for hydroxylation is 3. The average Bonchev–Trinajstić information content (AvgIpc) is 2.89. The Labute approximate surface area is 127 Å². The zero-order valence-corrected chi connectivity index (χ0v) is 13.2. The molecular weight excluding hydrogens is 286 g/mol. The lowest BCUT2D eigenvalue weighted by Gasteiger charge is -2.06. The van der Waals surface area contributed by atoms with Gasteiger partial charge in [0.25, 0.3) is 0 Å². The number of unbranched alkanes of at least 4 members (excludes halogenated alkanes) is 1. The molecule has 2 heterocycles. The van der Waals surface area contributed by atoms with E-state index < -0.39 is 0 Å². The molecule has 110 valence electrons. The summed E-state index contributed by atoms with van der Waals surface area (Å²) >= 11 is 1.47. The first-order valence-corrected chi connectivity index (χ1v) is 7.77. The van der Waals surface area contributed by atoms with Crippen molar-refractivity contribution in [3.63, 3.8) is 0 Å². The first kappa shape index (κ1) is 15.4. The summed E-state index contributed by atoms with van der Waals surface area (Å²) < 4.78 is 1.81. The lowest BCUT2D eigenvalue weighted by Crippen LogP contribution is -2.05. The number of hydrogen-bond acceptors (Lipinski definition) is 7. The van der Waals surface area contributed by atoms with Crippen LogP contribution in [0.15, 0.2) is 5.03 Å². The van der Waals surface area contributed by atoms with E-state index in [4.69, 9.17) is 0 Å². The van der Waals surface area contributed by atoms with Crippen molar-refractivity contribution in [3.8, 4) is 6.07 Å². The third-order valence-corrected chi connectivity index (χ3v) is 3.92. The topological polar surface area (TPSA) is 93.2 Å². The number of aromatic nitrogens is 6. The van der Waals surface area contributed by atoms with Gasteiger partial charge in [0.1, 0.15) is 22.5 Å². The number of rotatable bonds is 6. The highest BCUT2D eigenvalue weighted by Gasteiger charge is 2.13. The molecule has 0 radical (unpaired) electrons. The molecule has 0 aliphatic rings. The van der Waals surface area contributed by atoms with Crippen molar-refractivity contribution in [3.05, 3.63) is 22.9 Å². The van der Waals surface area contributed by atoms with Crippen molar-refractivity contribution < 1.29 is 0 Å². The maximum Gasteiger partial charge on any atom is 0.161 e. The number of thioether (sulfide) groups is 1. The summed E-state index contributed by atoms with van der Waals surface area (Å²) in [5, 5.41) is 21.7. The molecule has 0 saturated carbocycles. The van der Waals surface area contributed by atoms with Crippen LogP contribution in [-0.4, -0.2) is 30.2 Å². The molecule has 8 heteroatoms. The SMILES string of the molecule is CCCCn1nnnc1CSc1nc(C)nc(C)c1C#N. The lowest BCUT2D eigenvalue weighted by molar-refractivity contribution is 0.540. The molecule has 2 rings (SSSR count). The zero-order chi connectivity index (χ0) is 15.2. The van der Waals surface area contributed by atoms with Crippen LogP contribution >= 0.6 is 11.8 Å². The summed E-state index contributed by atoms with van der Waals surface area (Å²) in [6.45, 7) is 6.59. The summed E-state index contributed by atoms with van der Waals surface area (Å²) in [4.78, 5) is 8.56. The molecule has 2 aromatic rings. The van der Waals surface area contributed by atoms with Crippen molar-refractivity contribution in [1.82, 2.24) is 30.2 Å². The Kier molecular flexibility index (Phi) is 5.22. The Morgan fingerprint density at radius 2 is 2.10 bits per heavy atom. The molecular formula is C13H17N7S. The van der Waals surface area contributed by atoms with Crippen molar-refractivity contribution >= 4 is 11.8 Å². The molecule has 0 amide bonds. The predicted octanol–water partition coefficient (Wildman–Crippen LogP) is 2.04. The molecule has 21 heavy (non-hydrogen) atoms. The maximum absolute atomic E-state index is 9.23. The maximum atomic E-state index is 9.23. The molecule has 0 atom stereocenters. The van der Waals surface area contributed by atoms with E-state index >= 15 is 0 Å². The van der Waals surface area contributed by atoms with E-state index in [2.05, 4.69) is 38.5 Å². The van der Waals surface area contributed by atoms with Crippen LogP contribution in [0.1, 0.15) is 42.7 Å². The molecule has 7 nitrogen and oxygen atoms in total. The molecule has 0 saturated heterocycles. The first-order valence-electron chi connectivity index (χ1n) is 6.78. The second-order valence-corrected chi connectivity index (χ2v) is 5.57. The second kappa shape index (κ2) is 7.13. The van der Waals surface area contributed by atoms with Gasteiger partial charge in [-0.3, -0.25) is 0 Å². The van der Waals surface area contributed by atoms with Gasteiger partial charge in [0.2, 0.25) is 0 Å². The second-order valence-electron chi connectivity index (χ2n) is 4.61. The lowest BCUT2D eigenvalue weighted by atomic mass is 10.3. The summed E-state index contributed by atoms with van der Waals surface area (Å²) in [6.07, 6.45) is 2.13. The van der Waals surface area contributed by atoms with Crippen LogP contribution in [0.5, 0.6) is 0 Å². The van der Waals surface area contributed by atoms with E-state index in [1.165, 1.54) is 11.8 Å². The van der Waals surface area contributed by atoms with Gasteiger partial charge in [0.15, 0.2) is 5.82 Å². The van der Waals surface area contributed by atoms with Gasteiger partial charge < -0.3 is 0 Å². The fraction of sp³-hybridized carbons (Fsp3) is 0.538. The Morgan fingerprint density at radius 1 is 1.29 bits per heavy atom. The van der Waals surface area contributed by atoms with Crippen LogP contribution in [0.2, 0.25) is 0 Å². The monoisotopic (exact) mass is 303 g/mol. The minimum absolute atomic E-state index is 0.526. The largest absolute Gasteiger partial charge is 0.237 e. The van der Waals surface area contributed by atoms with Crippen LogP contribution < -0.4 is 0 Å². The highest BCUT2D eigenvalue weighted by atomic mass is 32.2. The van der Waals surface area contributed by atoms with Gasteiger partial charge in [-0.25, -0.2) is 14.6 Å². The zero-order valence-electron chi connectivity index (χ0n) is 12.4. The van der Waals surface area contributed by atoms with E-state index in [1.807, 2.05) is 18.5 Å². The number of nitrogens with zero attached hydrogens (tertiary/aromatic N) is 7. The Hall–Kier alpha value is -2.01. The van der Waals surface area contributed by atoms with E-state index in [-0.39, 0.29) is 0 Å². The van der Waals surface area contributed by atoms with Gasteiger partial charge in [0.05, 0.1) is 11.4 Å². The Balaban J connectivity index is 2.14. The smallest absolute Gasteiger partial charge is 0.161 e. The Morgan fingerprint density at radius 3 is 2.81 bits per heavy atom. The van der Waals surface area contributed by atoms with Crippen LogP contribution in [0.3, 0.4) is 0 Å². The summed E-state index contributed by atoms with van der Waals surface area (Å²) in [5.41, 5.74) is 1.23. The summed E-state index contributed by atoms with van der Waals surface area (Å²) in [7, 11) is 0. The highest BCUT2D eigenvalue weighted by Crippen LogP contribution is 2.24. The van der Waals surface area contributed by atoms with Gasteiger partial charge in [0, 0.05) is 6.54 Å². The molecule has 0 fully saturated rings. The number of tetrazole rings is 1. The van der Waals surface area contributed by atoms with Gasteiger partial charge in [-0.2, -0.15) is 5.26 Å². The summed E-state index contributed by atoms with van der Waals surface area (Å²) in [5.74, 6) is 2.05. The van der Waals surface area contributed by atoms with E-state index in [0.717, 1.165) is 25.2 Å². The molecule has 0 aromatic carbocycles. The number of nitriles is 1. The molecule has 2 aromatic heterocycles. The van der Waals surface area contributed by atoms with Crippen LogP contribution in [0, 0.1) is 25.2 Å². The van der Waals surface area contributed by atoms with E-state index in [9.17, 15) is 5.26 Å². The quantitative estimate of drug-likeness (QED) is 0.595. The molecule has 0 N–H and O–H groups in total. The van der Waals surface area contributed by atoms with Gasteiger partial charge in [-0.1, -0.05) is 25.1 Å². The number of hydrogen-bond donors (Lipinski definition) is 0. The molecule has 0 aliphatic heterocycles. The van der Waals surface area contributed by atoms with Crippen molar-refractivity contribution in [1.29, 1.82) is 5.26 Å². The van der Waals surface area contributed by atoms with Gasteiger partial charge in [-0.15, -0.1) is 5.10 Å². The third-order valence-electron chi connectivity index (χ3n) is 2.95. The van der Waals surface area contributed by atoms with Crippen LogP contribution in [0.4, 0.5) is 0 Å². The summed E-state index contributed by atoms with van der Waals surface area (Å²) in [6, 6.07) is 2.17. The van der Waals surface area contributed by atoms with E-state index in [0.29, 0.717) is 27.9 Å². The average molecular weight is 303 g/mol. The first-order chi connectivity index (χ1) is 10.2. The van der Waals surface area contributed by atoms with Gasteiger partial charge in [-0.05, 0) is 30.7 Å². The molecule has 0 unspecified atom stereocenters. The normalized spacial score (nSPS) is 10.6. The minimum atomic E-state index is 0.526. The minimum Gasteiger partial charge on any atom is -0.237 e. The molecule has 0 bridgehead atoms. The third kappa shape index (κ3) is 3.76. The van der Waals surface area contributed by atoms with Gasteiger partial charge >= 0.3 is 0 Å². The van der Waals surface area contributed by atoms with Crippen LogP contribution in [-0.2, 0) is 12.3 Å². The fourth-order valence-corrected chi connectivity index (χ4v) is 2.86.